The van der Waals surface area contributed by atoms with Gasteiger partial charge in [-0.1, -0.05) is 31.2 Å². The Morgan fingerprint density at radius 2 is 1.83 bits per heavy atom. The van der Waals surface area contributed by atoms with Crippen LogP contribution in [0.2, 0.25) is 0 Å². The molecular weight excluding hydrogens is 148 g/mol. The van der Waals surface area contributed by atoms with Crippen molar-refractivity contribution in [3.8, 4) is 0 Å². The van der Waals surface area contributed by atoms with Crippen molar-refractivity contribution in [2.45, 2.75) is 19.4 Å². The summed E-state index contributed by atoms with van der Waals surface area (Å²) in [6, 6.07) is 8.29. The van der Waals surface area contributed by atoms with Crippen molar-refractivity contribution in [1.82, 2.24) is 0 Å². The monoisotopic (exact) mass is 164 g/mol. The smallest absolute Gasteiger partial charge is 0.0419 e. The Bertz CT molecular complexity index is 228. The Morgan fingerprint density at radius 3 is 2.25 bits per heavy atom. The fourth-order valence-corrected chi connectivity index (χ4v) is 1.14. The van der Waals surface area contributed by atoms with E-state index >= 15 is 0 Å². The van der Waals surface area contributed by atoms with Gasteiger partial charge in [0.05, 0.1) is 0 Å². The lowest BCUT2D eigenvalue weighted by molar-refractivity contribution is 0.736. The van der Waals surface area contributed by atoms with Crippen molar-refractivity contribution < 1.29 is 0 Å². The van der Waals surface area contributed by atoms with E-state index in [1.54, 1.807) is 0 Å². The number of aryl methyl sites for hydroxylation is 1. The third-order valence-corrected chi connectivity index (χ3v) is 2.07. The van der Waals surface area contributed by atoms with Gasteiger partial charge in [-0.05, 0) is 17.5 Å². The predicted molar refractivity (Wildman–Crippen MR) is 51.8 cm³/mol. The lowest BCUT2D eigenvalue weighted by Crippen LogP contribution is -2.20. The number of hydrogen-bond acceptors (Lipinski definition) is 2. The molecule has 0 aliphatic heterocycles. The first-order valence-corrected chi connectivity index (χ1v) is 4.32. The number of rotatable bonds is 3. The van der Waals surface area contributed by atoms with Gasteiger partial charge in [0.2, 0.25) is 0 Å². The molecule has 1 rings (SSSR count). The first kappa shape index (κ1) is 9.23. The maximum absolute atomic E-state index is 5.76. The van der Waals surface area contributed by atoms with Gasteiger partial charge in [-0.2, -0.15) is 0 Å². The van der Waals surface area contributed by atoms with Gasteiger partial charge >= 0.3 is 0 Å². The maximum Gasteiger partial charge on any atom is 0.0419 e. The van der Waals surface area contributed by atoms with Gasteiger partial charge in [-0.15, -0.1) is 0 Å². The third-order valence-electron chi connectivity index (χ3n) is 2.07. The molecule has 1 atom stereocenters. The van der Waals surface area contributed by atoms with Crippen LogP contribution in [0.25, 0.3) is 0 Å². The van der Waals surface area contributed by atoms with E-state index in [0.717, 1.165) is 12.0 Å². The molecule has 12 heavy (non-hydrogen) atoms. The molecular formula is C10H16N2. The third kappa shape index (κ3) is 2.06. The number of hydrogen-bond donors (Lipinski definition) is 2. The van der Waals surface area contributed by atoms with E-state index in [1.165, 1.54) is 5.56 Å². The van der Waals surface area contributed by atoms with Gasteiger partial charge in [0.15, 0.2) is 0 Å². The maximum atomic E-state index is 5.76. The van der Waals surface area contributed by atoms with E-state index in [-0.39, 0.29) is 6.04 Å². The normalized spacial score (nSPS) is 12.9. The van der Waals surface area contributed by atoms with Crippen molar-refractivity contribution in [2.24, 2.45) is 11.5 Å². The Kier molecular flexibility index (Phi) is 3.26. The van der Waals surface area contributed by atoms with Crippen LogP contribution in [0.15, 0.2) is 24.3 Å². The Labute approximate surface area is 73.6 Å². The summed E-state index contributed by atoms with van der Waals surface area (Å²) in [6.07, 6.45) is 1.07. The first-order valence-electron chi connectivity index (χ1n) is 4.32. The highest BCUT2D eigenvalue weighted by molar-refractivity contribution is 5.24. The van der Waals surface area contributed by atoms with Gasteiger partial charge < -0.3 is 11.5 Å². The molecule has 2 nitrogen and oxygen atoms in total. The van der Waals surface area contributed by atoms with Crippen molar-refractivity contribution in [3.05, 3.63) is 35.4 Å². The average molecular weight is 164 g/mol. The molecule has 0 spiro atoms. The molecule has 66 valence electrons. The molecule has 0 fully saturated rings. The first-order chi connectivity index (χ1) is 5.77. The summed E-state index contributed by atoms with van der Waals surface area (Å²) in [5, 5.41) is 0. The van der Waals surface area contributed by atoms with Crippen LogP contribution in [-0.2, 0) is 6.42 Å². The molecule has 0 saturated carbocycles. The van der Waals surface area contributed by atoms with Gasteiger partial charge in [0.1, 0.15) is 0 Å². The van der Waals surface area contributed by atoms with Gasteiger partial charge in [-0.25, -0.2) is 0 Å². The molecule has 0 amide bonds. The molecule has 0 aromatic heterocycles. The van der Waals surface area contributed by atoms with E-state index in [1.807, 2.05) is 0 Å². The zero-order chi connectivity index (χ0) is 8.97. The number of benzene rings is 1. The van der Waals surface area contributed by atoms with Gasteiger partial charge in [0.25, 0.3) is 0 Å². The van der Waals surface area contributed by atoms with Crippen LogP contribution >= 0.6 is 0 Å². The van der Waals surface area contributed by atoms with Crippen molar-refractivity contribution in [2.75, 3.05) is 6.54 Å². The standard InChI is InChI=1S/C10H16N2/c1-2-8-3-5-9(6-4-8)10(12)7-11/h3-6,10H,2,7,11-12H2,1H3. The highest BCUT2D eigenvalue weighted by Gasteiger charge is 2.01. The zero-order valence-electron chi connectivity index (χ0n) is 7.46. The van der Waals surface area contributed by atoms with Crippen LogP contribution in [0.4, 0.5) is 0 Å². The SMILES string of the molecule is CCc1ccc(C(N)CN)cc1. The van der Waals surface area contributed by atoms with Crippen LogP contribution in [0.5, 0.6) is 0 Å². The van der Waals surface area contributed by atoms with Crippen LogP contribution in [0, 0.1) is 0 Å². The quantitative estimate of drug-likeness (QED) is 0.705. The minimum absolute atomic E-state index is 0.0177. The Morgan fingerprint density at radius 1 is 1.25 bits per heavy atom. The zero-order valence-corrected chi connectivity index (χ0v) is 7.46. The second-order valence-electron chi connectivity index (χ2n) is 2.94. The Balaban J connectivity index is 2.77. The molecule has 1 aromatic carbocycles. The molecule has 1 unspecified atom stereocenters. The topological polar surface area (TPSA) is 52.0 Å². The molecule has 0 aliphatic carbocycles. The van der Waals surface area contributed by atoms with Crippen LogP contribution in [0.1, 0.15) is 24.1 Å². The minimum atomic E-state index is -0.0177. The van der Waals surface area contributed by atoms with E-state index in [4.69, 9.17) is 11.5 Å². The summed E-state index contributed by atoms with van der Waals surface area (Å²) >= 11 is 0. The second-order valence-corrected chi connectivity index (χ2v) is 2.94. The van der Waals surface area contributed by atoms with Crippen molar-refractivity contribution in [3.63, 3.8) is 0 Å². The molecule has 4 N–H and O–H groups in total. The molecule has 0 bridgehead atoms. The minimum Gasteiger partial charge on any atom is -0.329 e. The highest BCUT2D eigenvalue weighted by Crippen LogP contribution is 2.10. The lowest BCUT2D eigenvalue weighted by atomic mass is 10.0. The van der Waals surface area contributed by atoms with E-state index < -0.39 is 0 Å². The summed E-state index contributed by atoms with van der Waals surface area (Å²) < 4.78 is 0. The van der Waals surface area contributed by atoms with Gasteiger partial charge in [0, 0.05) is 12.6 Å². The number of nitrogens with two attached hydrogens (primary N) is 2. The van der Waals surface area contributed by atoms with Crippen molar-refractivity contribution in [1.29, 1.82) is 0 Å². The summed E-state index contributed by atoms with van der Waals surface area (Å²) in [7, 11) is 0. The van der Waals surface area contributed by atoms with E-state index in [9.17, 15) is 0 Å². The van der Waals surface area contributed by atoms with Gasteiger partial charge in [-0.3, -0.25) is 0 Å². The average Bonchev–Trinajstić information content (AvgIpc) is 2.17. The van der Waals surface area contributed by atoms with Crippen molar-refractivity contribution >= 4 is 0 Å². The molecule has 0 heterocycles. The predicted octanol–water partition coefficient (Wildman–Crippen LogP) is 1.21. The fraction of sp³-hybridized carbons (Fsp3) is 0.400. The highest BCUT2D eigenvalue weighted by atomic mass is 14.7. The summed E-state index contributed by atoms with van der Waals surface area (Å²) in [5.41, 5.74) is 13.7. The van der Waals surface area contributed by atoms with Crippen LogP contribution in [0.3, 0.4) is 0 Å². The molecule has 0 radical (unpaired) electrons. The summed E-state index contributed by atoms with van der Waals surface area (Å²) in [5.74, 6) is 0. The molecule has 0 saturated heterocycles. The van der Waals surface area contributed by atoms with E-state index in [0.29, 0.717) is 6.54 Å². The second kappa shape index (κ2) is 4.24. The lowest BCUT2D eigenvalue weighted by Gasteiger charge is -2.08. The largest absolute Gasteiger partial charge is 0.329 e. The molecule has 2 heteroatoms. The summed E-state index contributed by atoms with van der Waals surface area (Å²) in [4.78, 5) is 0. The fourth-order valence-electron chi connectivity index (χ4n) is 1.14. The van der Waals surface area contributed by atoms with E-state index in [2.05, 4.69) is 31.2 Å². The van der Waals surface area contributed by atoms with Crippen LogP contribution in [-0.4, -0.2) is 6.54 Å². The molecule has 0 aliphatic rings. The Hall–Kier alpha value is -0.860. The molecule has 1 aromatic rings. The summed E-state index contributed by atoms with van der Waals surface area (Å²) in [6.45, 7) is 2.64. The van der Waals surface area contributed by atoms with Crippen LogP contribution < -0.4 is 11.5 Å².